The molecule has 2 aromatic heterocycles. The van der Waals surface area contributed by atoms with E-state index in [0.29, 0.717) is 11.3 Å². The highest BCUT2D eigenvalue weighted by molar-refractivity contribution is 7.26. The molecule has 50 heavy (non-hydrogen) atoms. The molecule has 9 rings (SSSR count). The molecule has 0 N–H and O–H groups in total. The van der Waals surface area contributed by atoms with Crippen LogP contribution < -0.4 is 0 Å². The molecule has 0 radical (unpaired) electrons. The number of fused-ring (bicyclic) bond motifs is 3. The van der Waals surface area contributed by atoms with E-state index in [9.17, 15) is 8.22 Å². The van der Waals surface area contributed by atoms with E-state index in [0.717, 1.165) is 0 Å². The number of hydrogen-bond donors (Lipinski definition) is 0. The first-order valence-electron chi connectivity index (χ1n) is 28.5. The minimum Gasteiger partial charge on any atom is -0.208 e. The zero-order chi connectivity index (χ0) is 57.8. The lowest BCUT2D eigenvalue weighted by Crippen LogP contribution is -2.00. The van der Waals surface area contributed by atoms with E-state index in [1.54, 1.807) is 0 Å². The van der Waals surface area contributed by atoms with E-state index >= 15 is 0 Å². The Labute approximate surface area is 334 Å². The smallest absolute Gasteiger partial charge is 0.165 e. The van der Waals surface area contributed by atoms with Crippen LogP contribution in [-0.4, -0.2) is 15.0 Å². The van der Waals surface area contributed by atoms with Gasteiger partial charge in [-0.15, -0.1) is 11.3 Å². The third kappa shape index (κ3) is 5.56. The predicted molar refractivity (Wildman–Crippen MR) is 210 cm³/mol. The van der Waals surface area contributed by atoms with Crippen LogP contribution in [0, 0.1) is 6.92 Å². The Morgan fingerprint density at radius 2 is 0.820 bits per heavy atom. The largest absolute Gasteiger partial charge is 0.208 e. The summed E-state index contributed by atoms with van der Waals surface area (Å²) in [5.74, 6) is -2.09. The number of aromatic nitrogens is 3. The molecule has 9 aromatic rings. The van der Waals surface area contributed by atoms with Crippen molar-refractivity contribution in [2.45, 2.75) is 6.92 Å². The van der Waals surface area contributed by atoms with Crippen molar-refractivity contribution >= 4 is 31.5 Å². The van der Waals surface area contributed by atoms with Gasteiger partial charge in [0, 0.05) is 36.9 Å². The fourth-order valence-corrected chi connectivity index (χ4v) is 6.09. The monoisotopic (exact) mass is 685 g/mol. The van der Waals surface area contributed by atoms with Crippen molar-refractivity contribution in [3.05, 3.63) is 175 Å². The number of thiophene rings is 1. The summed E-state index contributed by atoms with van der Waals surface area (Å²) in [7, 11) is 0. The molecular weight excluding hydrogens is 627 g/mol. The van der Waals surface area contributed by atoms with Crippen LogP contribution in [0.15, 0.2) is 169 Å². The first-order chi connectivity index (χ1) is 36.3. The lowest BCUT2D eigenvalue weighted by atomic mass is 9.96. The first kappa shape index (κ1) is 12.6. The molecule has 0 spiro atoms. The molecule has 0 atom stereocenters. The van der Waals surface area contributed by atoms with Gasteiger partial charge >= 0.3 is 0 Å². The Kier molecular flexibility index (Phi) is 3.19. The summed E-state index contributed by atoms with van der Waals surface area (Å²) < 4.78 is 246. The molecule has 0 saturated carbocycles. The second-order valence-electron chi connectivity index (χ2n) is 10.3. The fourth-order valence-electron chi connectivity index (χ4n) is 4.87. The van der Waals surface area contributed by atoms with Gasteiger partial charge in [0.2, 0.25) is 0 Å². The quantitative estimate of drug-likeness (QED) is 0.175. The molecule has 0 unspecified atom stereocenters. The molecule has 0 aliphatic carbocycles. The van der Waals surface area contributed by atoms with Gasteiger partial charge in [0.15, 0.2) is 17.5 Å². The number of rotatable bonds is 6. The molecule has 2 heterocycles. The van der Waals surface area contributed by atoms with Crippen LogP contribution in [-0.2, 0) is 0 Å². The van der Waals surface area contributed by atoms with Crippen molar-refractivity contribution < 1.29 is 38.4 Å². The average molecular weight is 686 g/mol. The Bertz CT molecular complexity index is 4070. The molecule has 4 heteroatoms. The van der Waals surface area contributed by atoms with Crippen LogP contribution in [0.25, 0.3) is 87.7 Å². The maximum atomic E-state index is 9.60. The molecule has 0 amide bonds. The normalized spacial score (nSPS) is 19.1. The van der Waals surface area contributed by atoms with Crippen molar-refractivity contribution in [2.24, 2.45) is 0 Å². The highest BCUT2D eigenvalue weighted by Crippen LogP contribution is 2.44. The van der Waals surface area contributed by atoms with Crippen molar-refractivity contribution in [3.63, 3.8) is 0 Å². The average Bonchev–Trinajstić information content (AvgIpc) is 4.01. The molecule has 7 aromatic carbocycles. The van der Waals surface area contributed by atoms with E-state index < -0.39 is 242 Å². The fraction of sp³-hybridized carbons (Fsp3) is 0.0217. The van der Waals surface area contributed by atoms with Crippen molar-refractivity contribution in [3.8, 4) is 67.5 Å². The van der Waals surface area contributed by atoms with Crippen molar-refractivity contribution in [2.75, 3.05) is 0 Å². The summed E-state index contributed by atoms with van der Waals surface area (Å²) in [4.78, 5) is 13.1. The maximum absolute atomic E-state index is 9.60. The van der Waals surface area contributed by atoms with Crippen LogP contribution in [0.1, 0.15) is 43.9 Å². The van der Waals surface area contributed by atoms with Gasteiger partial charge < -0.3 is 0 Å². The zero-order valence-electron chi connectivity index (χ0n) is 53.2. The van der Waals surface area contributed by atoms with Crippen LogP contribution in [0.4, 0.5) is 0 Å². The second-order valence-corrected chi connectivity index (χ2v) is 11.3. The second kappa shape index (κ2) is 12.7. The van der Waals surface area contributed by atoms with E-state index in [-0.39, 0.29) is 20.3 Å². The summed E-state index contributed by atoms with van der Waals surface area (Å²) >= 11 is 0.526. The minimum atomic E-state index is -1.02. The van der Waals surface area contributed by atoms with Crippen molar-refractivity contribution in [1.82, 2.24) is 15.0 Å². The molecule has 3 nitrogen and oxygen atoms in total. The summed E-state index contributed by atoms with van der Waals surface area (Å²) in [5.41, 5.74) is -6.24. The standard InChI is InChI=1S/C46H31N3S/c1-30-21-23-35(24-22-30)45-47-44(34-13-6-3-7-14-34)48-46(49-45)41-20-10-19-40-39-18-9-17-38(42(39)50-43(40)41)37-16-8-15-36(29-37)33-27-25-32(26-28-33)31-11-4-2-5-12-31/h2-29H,1H3/i2D,3D,4D,5D,6D,7D,8D,9D,10D,11D,12D,13D,14D,15D,16D,17D,18D,19D,20D,21D,22D,23D,24D,25D,26D,27D,28D,29D. The van der Waals surface area contributed by atoms with Gasteiger partial charge in [-0.3, -0.25) is 0 Å². The minimum absolute atomic E-state index is 0.0787. The predicted octanol–water partition coefficient (Wildman–Crippen LogP) is 12.5. The Morgan fingerprint density at radius 1 is 0.380 bits per heavy atom. The van der Waals surface area contributed by atoms with Gasteiger partial charge in [-0.1, -0.05) is 163 Å². The molecule has 0 saturated heterocycles. The first-order valence-corrected chi connectivity index (χ1v) is 15.3. The topological polar surface area (TPSA) is 38.7 Å². The molecule has 236 valence electrons. The highest BCUT2D eigenvalue weighted by Gasteiger charge is 2.18. The third-order valence-electron chi connectivity index (χ3n) is 7.17. The van der Waals surface area contributed by atoms with Gasteiger partial charge in [-0.25, -0.2) is 15.0 Å². The van der Waals surface area contributed by atoms with E-state index in [1.165, 1.54) is 6.92 Å². The lowest BCUT2D eigenvalue weighted by Gasteiger charge is -2.09. The van der Waals surface area contributed by atoms with Crippen molar-refractivity contribution in [1.29, 1.82) is 0 Å². The maximum Gasteiger partial charge on any atom is 0.165 e. The Hall–Kier alpha value is -6.23. The summed E-state index contributed by atoms with van der Waals surface area (Å²) in [6, 6.07) is -23.9. The van der Waals surface area contributed by atoms with Gasteiger partial charge in [0.05, 0.1) is 38.4 Å². The van der Waals surface area contributed by atoms with Crippen LogP contribution in [0.2, 0.25) is 0 Å². The number of hydrogen-bond acceptors (Lipinski definition) is 4. The van der Waals surface area contributed by atoms with E-state index in [1.807, 2.05) is 0 Å². The molecule has 0 aliphatic heterocycles. The number of benzene rings is 7. The third-order valence-corrected chi connectivity index (χ3v) is 8.39. The van der Waals surface area contributed by atoms with Gasteiger partial charge in [0.1, 0.15) is 0 Å². The Morgan fingerprint density at radius 3 is 1.48 bits per heavy atom. The SMILES string of the molecule is [2H]c1c([2H])c([2H])c(-c2nc(-c3c([2H])c([2H])c(C)c([2H])c3[2H])nc(-c3c([2H])c([2H])c([2H])c4c3sc3c(-c5c([2H])c([2H])c([2H])c(-c6c([2H])c([2H])c(-c7c([2H])c([2H])c([2H])c([2H])c7[2H])c([2H])c6[2H])c5[2H])c([2H])c([2H])c([2H])c34)n2)c([2H])c1[2H]. The van der Waals surface area contributed by atoms with Gasteiger partial charge in [-0.2, -0.15) is 0 Å². The zero-order valence-corrected chi connectivity index (χ0v) is 26.1. The van der Waals surface area contributed by atoms with Gasteiger partial charge in [-0.05, 0) is 52.4 Å². The van der Waals surface area contributed by atoms with E-state index in [2.05, 4.69) is 15.0 Å². The van der Waals surface area contributed by atoms with Crippen LogP contribution in [0.5, 0.6) is 0 Å². The summed E-state index contributed by atoms with van der Waals surface area (Å²) in [5, 5.41) is -0.793. The number of nitrogens with zero attached hydrogens (tertiary/aromatic N) is 3. The highest BCUT2D eigenvalue weighted by atomic mass is 32.1. The summed E-state index contributed by atoms with van der Waals surface area (Å²) in [6.45, 7) is 1.32. The molecule has 0 bridgehead atoms. The van der Waals surface area contributed by atoms with E-state index in [4.69, 9.17) is 30.2 Å². The van der Waals surface area contributed by atoms with Crippen LogP contribution in [0.3, 0.4) is 0 Å². The van der Waals surface area contributed by atoms with Crippen LogP contribution >= 0.6 is 11.3 Å². The molecular formula is C46H31N3S. The summed E-state index contributed by atoms with van der Waals surface area (Å²) in [6.07, 6.45) is 0. The lowest BCUT2D eigenvalue weighted by molar-refractivity contribution is 1.08. The molecule has 0 aliphatic rings. The van der Waals surface area contributed by atoms with Gasteiger partial charge in [0.25, 0.3) is 0 Å². The molecule has 0 fully saturated rings. The Balaban J connectivity index is 1.41.